The first-order valence-electron chi connectivity index (χ1n) is 12.7. The van der Waals surface area contributed by atoms with Crippen LogP contribution in [0.3, 0.4) is 0 Å². The summed E-state index contributed by atoms with van der Waals surface area (Å²) in [6.07, 6.45) is 9.93. The molecule has 2 saturated heterocycles. The maximum atomic E-state index is 14.0. The zero-order valence-corrected chi connectivity index (χ0v) is 20.7. The Kier molecular flexibility index (Phi) is 6.81. The van der Waals surface area contributed by atoms with E-state index in [-0.39, 0.29) is 17.9 Å². The minimum absolute atomic E-state index is 0.0732. The molecule has 8 nitrogen and oxygen atoms in total. The molecule has 3 aromatic rings. The fourth-order valence-electron chi connectivity index (χ4n) is 5.42. The first-order valence-corrected chi connectivity index (χ1v) is 12.7. The van der Waals surface area contributed by atoms with Crippen molar-refractivity contribution in [3.05, 3.63) is 65.1 Å². The predicted octanol–water partition coefficient (Wildman–Crippen LogP) is 3.78. The monoisotopic (exact) mass is 474 g/mol. The summed E-state index contributed by atoms with van der Waals surface area (Å²) < 4.78 is 1.74. The van der Waals surface area contributed by atoms with Crippen LogP contribution in [0.25, 0.3) is 5.65 Å². The molecule has 0 bridgehead atoms. The van der Waals surface area contributed by atoms with Gasteiger partial charge in [-0.1, -0.05) is 24.6 Å². The lowest BCUT2D eigenvalue weighted by Gasteiger charge is -2.36. The number of carbonyl (C=O) groups is 2. The molecule has 0 unspecified atom stereocenters. The molecule has 0 spiro atoms. The van der Waals surface area contributed by atoms with Crippen LogP contribution in [0.5, 0.6) is 0 Å². The van der Waals surface area contributed by atoms with Gasteiger partial charge in [-0.25, -0.2) is 9.50 Å². The van der Waals surface area contributed by atoms with Gasteiger partial charge in [0.1, 0.15) is 5.56 Å². The Labute approximate surface area is 206 Å². The first kappa shape index (κ1) is 23.5. The fraction of sp³-hybridized carbons (Fsp3) is 0.481. The number of aromatic nitrogens is 3. The van der Waals surface area contributed by atoms with Crippen LogP contribution in [0.15, 0.2) is 42.7 Å². The third kappa shape index (κ3) is 4.67. The highest BCUT2D eigenvalue weighted by atomic mass is 16.2. The molecule has 2 aliphatic heterocycles. The van der Waals surface area contributed by atoms with Crippen molar-refractivity contribution in [1.82, 2.24) is 29.3 Å². The molecule has 0 aliphatic carbocycles. The second-order valence-electron chi connectivity index (χ2n) is 9.87. The Balaban J connectivity index is 1.47. The van der Waals surface area contributed by atoms with E-state index in [9.17, 15) is 9.59 Å². The lowest BCUT2D eigenvalue weighted by Crippen LogP contribution is -2.40. The number of carbonyl (C=O) groups excluding carboxylic acids is 2. The first-order chi connectivity index (χ1) is 17.0. The van der Waals surface area contributed by atoms with E-state index in [0.717, 1.165) is 55.7 Å². The van der Waals surface area contributed by atoms with Crippen LogP contribution in [0.1, 0.15) is 76.5 Å². The highest BCUT2D eigenvalue weighted by Gasteiger charge is 2.32. The molecule has 2 aliphatic rings. The van der Waals surface area contributed by atoms with Gasteiger partial charge in [0.15, 0.2) is 5.65 Å². The molecule has 35 heavy (non-hydrogen) atoms. The molecule has 0 radical (unpaired) electrons. The van der Waals surface area contributed by atoms with E-state index in [4.69, 9.17) is 0 Å². The van der Waals surface area contributed by atoms with Gasteiger partial charge in [-0.15, -0.1) is 0 Å². The normalized spacial score (nSPS) is 19.1. The van der Waals surface area contributed by atoms with Gasteiger partial charge in [0, 0.05) is 38.9 Å². The highest BCUT2D eigenvalue weighted by Crippen LogP contribution is 2.33. The molecule has 5 rings (SSSR count). The van der Waals surface area contributed by atoms with Crippen molar-refractivity contribution in [2.24, 2.45) is 0 Å². The van der Waals surface area contributed by atoms with Crippen LogP contribution < -0.4 is 0 Å². The lowest BCUT2D eigenvalue weighted by molar-refractivity contribution is 0.0600. The standard InChI is InChI=1S/C27H34N6O2/c1-30(2)26(34)22-18-29-33-24(13-14-28-25(22)33)23-12-6-9-17-32(23)27(35)21-11-5-4-10-20(21)19-31-15-7-3-8-16-31/h4-5,10-11,13-14,18,23H,3,6-9,12,15-17,19H2,1-2H3/t23-/m0/s1. The number of amides is 2. The average Bonchev–Trinajstić information content (AvgIpc) is 3.33. The van der Waals surface area contributed by atoms with Crippen molar-refractivity contribution >= 4 is 17.5 Å². The number of piperidine rings is 2. The van der Waals surface area contributed by atoms with Gasteiger partial charge >= 0.3 is 0 Å². The summed E-state index contributed by atoms with van der Waals surface area (Å²) in [6.45, 7) is 3.71. The number of benzene rings is 1. The minimum atomic E-state index is -0.132. The Morgan fingerprint density at radius 1 is 0.971 bits per heavy atom. The molecule has 0 N–H and O–H groups in total. The Hall–Kier alpha value is -3.26. The summed E-state index contributed by atoms with van der Waals surface area (Å²) in [4.78, 5) is 37.1. The number of rotatable bonds is 5. The van der Waals surface area contributed by atoms with Crippen molar-refractivity contribution in [2.45, 2.75) is 51.1 Å². The van der Waals surface area contributed by atoms with E-state index in [1.165, 1.54) is 24.2 Å². The van der Waals surface area contributed by atoms with E-state index >= 15 is 0 Å². The third-order valence-corrected chi connectivity index (χ3v) is 7.26. The van der Waals surface area contributed by atoms with E-state index in [1.807, 2.05) is 29.2 Å². The number of fused-ring (bicyclic) bond motifs is 1. The molecule has 2 fully saturated rings. The van der Waals surface area contributed by atoms with Gasteiger partial charge in [-0.3, -0.25) is 14.5 Å². The number of nitrogens with zero attached hydrogens (tertiary/aromatic N) is 6. The van der Waals surface area contributed by atoms with Crippen LogP contribution >= 0.6 is 0 Å². The van der Waals surface area contributed by atoms with Gasteiger partial charge in [0.25, 0.3) is 11.8 Å². The summed E-state index contributed by atoms with van der Waals surface area (Å²) in [5, 5.41) is 4.52. The lowest BCUT2D eigenvalue weighted by atomic mass is 9.96. The summed E-state index contributed by atoms with van der Waals surface area (Å²) in [5.41, 5.74) is 3.79. The SMILES string of the molecule is CN(C)C(=O)c1cnn2c([C@@H]3CCCCN3C(=O)c3ccccc3CN3CCCCC3)ccnc12. The van der Waals surface area contributed by atoms with Gasteiger partial charge < -0.3 is 9.80 Å². The topological polar surface area (TPSA) is 74.1 Å². The second-order valence-corrected chi connectivity index (χ2v) is 9.87. The zero-order chi connectivity index (χ0) is 24.4. The Morgan fingerprint density at radius 2 is 1.74 bits per heavy atom. The molecule has 4 heterocycles. The molecular weight excluding hydrogens is 440 g/mol. The van der Waals surface area contributed by atoms with Crippen molar-refractivity contribution in [2.75, 3.05) is 33.7 Å². The highest BCUT2D eigenvalue weighted by molar-refractivity contribution is 5.99. The van der Waals surface area contributed by atoms with E-state index in [1.54, 1.807) is 31.0 Å². The molecule has 2 aromatic heterocycles. The van der Waals surface area contributed by atoms with Crippen LogP contribution in [-0.4, -0.2) is 74.8 Å². The zero-order valence-electron chi connectivity index (χ0n) is 20.7. The maximum Gasteiger partial charge on any atom is 0.258 e. The van der Waals surface area contributed by atoms with Crippen LogP contribution in [-0.2, 0) is 6.54 Å². The summed E-state index contributed by atoms with van der Waals surface area (Å²) >= 11 is 0. The maximum absolute atomic E-state index is 14.0. The van der Waals surface area contributed by atoms with Crippen molar-refractivity contribution < 1.29 is 9.59 Å². The smallest absolute Gasteiger partial charge is 0.258 e. The number of hydrogen-bond acceptors (Lipinski definition) is 5. The molecular formula is C27H34N6O2. The Bertz CT molecular complexity index is 1210. The van der Waals surface area contributed by atoms with Crippen LogP contribution in [0, 0.1) is 0 Å². The van der Waals surface area contributed by atoms with Gasteiger partial charge in [-0.2, -0.15) is 5.10 Å². The second kappa shape index (κ2) is 10.2. The number of hydrogen-bond donors (Lipinski definition) is 0. The van der Waals surface area contributed by atoms with E-state index in [0.29, 0.717) is 17.8 Å². The van der Waals surface area contributed by atoms with Crippen LogP contribution in [0.2, 0.25) is 0 Å². The molecule has 1 aromatic carbocycles. The molecule has 2 amide bonds. The van der Waals surface area contributed by atoms with E-state index < -0.39 is 0 Å². The van der Waals surface area contributed by atoms with Gasteiger partial charge in [-0.05, 0) is 62.9 Å². The molecule has 184 valence electrons. The average molecular weight is 475 g/mol. The predicted molar refractivity (Wildman–Crippen MR) is 134 cm³/mol. The fourth-order valence-corrected chi connectivity index (χ4v) is 5.42. The quantitative estimate of drug-likeness (QED) is 0.563. The van der Waals surface area contributed by atoms with Crippen molar-refractivity contribution in [3.8, 4) is 0 Å². The summed E-state index contributed by atoms with van der Waals surface area (Å²) in [5.74, 6) is -0.0584. The van der Waals surface area contributed by atoms with Crippen molar-refractivity contribution in [3.63, 3.8) is 0 Å². The van der Waals surface area contributed by atoms with Crippen molar-refractivity contribution in [1.29, 1.82) is 0 Å². The van der Waals surface area contributed by atoms with Gasteiger partial charge in [0.05, 0.1) is 17.9 Å². The molecule has 0 saturated carbocycles. The van der Waals surface area contributed by atoms with Crippen LogP contribution in [0.4, 0.5) is 0 Å². The third-order valence-electron chi connectivity index (χ3n) is 7.26. The van der Waals surface area contributed by atoms with E-state index in [2.05, 4.69) is 21.0 Å². The summed E-state index contributed by atoms with van der Waals surface area (Å²) in [6, 6.07) is 9.87. The summed E-state index contributed by atoms with van der Waals surface area (Å²) in [7, 11) is 3.44. The molecule has 8 heteroatoms. The largest absolute Gasteiger partial charge is 0.345 e. The molecule has 1 atom stereocenters. The Morgan fingerprint density at radius 3 is 2.54 bits per heavy atom. The number of likely N-dealkylation sites (tertiary alicyclic amines) is 2. The van der Waals surface area contributed by atoms with Gasteiger partial charge in [0.2, 0.25) is 0 Å². The minimum Gasteiger partial charge on any atom is -0.345 e.